The lowest BCUT2D eigenvalue weighted by Crippen LogP contribution is -2.37. The number of imide groups is 1. The van der Waals surface area contributed by atoms with Crippen LogP contribution in [0.25, 0.3) is 0 Å². The largest absolute Gasteiger partial charge is 0.493 e. The van der Waals surface area contributed by atoms with Crippen molar-refractivity contribution in [3.05, 3.63) is 47.7 Å². The van der Waals surface area contributed by atoms with Crippen molar-refractivity contribution in [3.63, 3.8) is 0 Å². The molecule has 3 amide bonds. The normalized spacial score (nSPS) is 16.1. The van der Waals surface area contributed by atoms with Crippen LogP contribution in [0.4, 0.5) is 21.1 Å². The molecule has 200 valence electrons. The van der Waals surface area contributed by atoms with Crippen LogP contribution in [0.3, 0.4) is 0 Å². The summed E-state index contributed by atoms with van der Waals surface area (Å²) in [6.45, 7) is 0.315. The number of aromatic nitrogens is 1. The predicted octanol–water partition coefficient (Wildman–Crippen LogP) is 6.50. The van der Waals surface area contributed by atoms with Crippen molar-refractivity contribution in [2.75, 3.05) is 23.0 Å². The van der Waals surface area contributed by atoms with E-state index in [1.807, 2.05) is 18.2 Å². The molecule has 0 spiro atoms. The summed E-state index contributed by atoms with van der Waals surface area (Å²) in [7, 11) is 0. The van der Waals surface area contributed by atoms with E-state index in [-0.39, 0.29) is 59.5 Å². The van der Waals surface area contributed by atoms with Crippen molar-refractivity contribution in [3.8, 4) is 5.75 Å². The zero-order chi connectivity index (χ0) is 27.5. The molecule has 0 saturated carbocycles. The molecule has 1 aliphatic heterocycles. The van der Waals surface area contributed by atoms with Gasteiger partial charge in [0.25, 0.3) is 0 Å². The molecule has 1 aromatic carbocycles. The molecule has 0 radical (unpaired) electrons. The molecular formula is C22H19Cl6N3O6. The molecule has 1 aliphatic rings. The molecule has 2 N–H and O–H groups in total. The SMILES string of the molecule is O=C1CC(COc2ccccc2)CN1c1c(CC(Cl)(Cl)Cl)cnc(N(C(=O)O)C(=O)O)c1CC(Cl)(Cl)Cl. The Morgan fingerprint density at radius 3 is 2.16 bits per heavy atom. The minimum Gasteiger partial charge on any atom is -0.493 e. The second-order valence-electron chi connectivity index (χ2n) is 8.12. The average Bonchev–Trinajstić information content (AvgIpc) is 3.12. The van der Waals surface area contributed by atoms with Crippen LogP contribution in [-0.2, 0) is 17.6 Å². The highest BCUT2D eigenvalue weighted by molar-refractivity contribution is 6.68. The smallest absolute Gasteiger partial charge is 0.422 e. The minimum atomic E-state index is -2.02. The third-order valence-corrected chi connectivity index (χ3v) is 6.07. The van der Waals surface area contributed by atoms with Gasteiger partial charge in [-0.15, -0.1) is 0 Å². The van der Waals surface area contributed by atoms with Gasteiger partial charge in [-0.1, -0.05) is 87.8 Å². The van der Waals surface area contributed by atoms with Gasteiger partial charge in [-0.25, -0.2) is 14.6 Å². The highest BCUT2D eigenvalue weighted by Gasteiger charge is 2.40. The fraction of sp³-hybridized carbons (Fsp3) is 0.364. The molecule has 37 heavy (non-hydrogen) atoms. The van der Waals surface area contributed by atoms with Crippen LogP contribution in [0.5, 0.6) is 5.75 Å². The van der Waals surface area contributed by atoms with Crippen LogP contribution in [0.1, 0.15) is 17.5 Å². The molecule has 1 unspecified atom stereocenters. The van der Waals surface area contributed by atoms with Crippen molar-refractivity contribution in [2.45, 2.75) is 26.8 Å². The number of hydrogen-bond acceptors (Lipinski definition) is 5. The van der Waals surface area contributed by atoms with E-state index in [4.69, 9.17) is 74.3 Å². The number of pyridine rings is 1. The standard InChI is InChI=1S/C22H19Cl6N3O6/c23-21(24,25)7-13-9-29-18(31(19(33)34)20(35)36)15(8-22(26,27)28)17(13)30-10-12(6-16(30)32)11-37-14-4-2-1-3-5-14/h1-5,9,12H,6-8,10-11H2,(H,33,34)(H,35,36). The maximum absolute atomic E-state index is 13.2. The quantitative estimate of drug-likeness (QED) is 0.334. The van der Waals surface area contributed by atoms with Crippen LogP contribution in [0, 0.1) is 5.92 Å². The van der Waals surface area contributed by atoms with Gasteiger partial charge < -0.3 is 19.8 Å². The Morgan fingerprint density at radius 1 is 1.03 bits per heavy atom. The van der Waals surface area contributed by atoms with E-state index < -0.39 is 32.0 Å². The predicted molar refractivity (Wildman–Crippen MR) is 143 cm³/mol. The summed E-state index contributed by atoms with van der Waals surface area (Å²) in [5.41, 5.74) is 0.138. The maximum atomic E-state index is 13.2. The zero-order valence-electron chi connectivity index (χ0n) is 18.7. The fourth-order valence-corrected chi connectivity index (χ4v) is 4.75. The van der Waals surface area contributed by atoms with Gasteiger partial charge in [-0.05, 0) is 17.7 Å². The van der Waals surface area contributed by atoms with Crippen LogP contribution >= 0.6 is 69.6 Å². The van der Waals surface area contributed by atoms with E-state index in [0.717, 1.165) is 6.20 Å². The Balaban J connectivity index is 2.11. The van der Waals surface area contributed by atoms with Crippen LogP contribution < -0.4 is 14.5 Å². The van der Waals surface area contributed by atoms with Gasteiger partial charge in [0.15, 0.2) is 13.4 Å². The highest BCUT2D eigenvalue weighted by atomic mass is 35.6. The summed E-state index contributed by atoms with van der Waals surface area (Å²) in [5.74, 6) is -0.592. The van der Waals surface area contributed by atoms with Crippen molar-refractivity contribution in [1.82, 2.24) is 4.98 Å². The first kappa shape index (κ1) is 29.7. The summed E-state index contributed by atoms with van der Waals surface area (Å²) in [4.78, 5) is 42.0. The number of anilines is 2. The fourth-order valence-electron chi connectivity index (χ4n) is 3.92. The number of carbonyl (C=O) groups excluding carboxylic acids is 1. The molecule has 0 aliphatic carbocycles. The second-order valence-corrected chi connectivity index (χ2v) is 13.1. The van der Waals surface area contributed by atoms with Gasteiger partial charge in [0.1, 0.15) is 5.75 Å². The molecule has 1 fully saturated rings. The Hall–Kier alpha value is -1.88. The van der Waals surface area contributed by atoms with Gasteiger partial charge >= 0.3 is 12.2 Å². The number of ether oxygens (including phenoxy) is 1. The van der Waals surface area contributed by atoms with E-state index in [0.29, 0.717) is 5.75 Å². The van der Waals surface area contributed by atoms with Crippen LogP contribution in [0.2, 0.25) is 0 Å². The number of hydrogen-bond donors (Lipinski definition) is 2. The van der Waals surface area contributed by atoms with Gasteiger partial charge in [0.05, 0.1) is 12.3 Å². The Labute approximate surface area is 241 Å². The van der Waals surface area contributed by atoms with Crippen LogP contribution in [0.15, 0.2) is 36.5 Å². The Kier molecular flexibility index (Phi) is 9.53. The molecule has 0 bridgehead atoms. The number of para-hydroxylation sites is 1. The van der Waals surface area contributed by atoms with Gasteiger partial charge in [0.2, 0.25) is 5.91 Å². The lowest BCUT2D eigenvalue weighted by Gasteiger charge is -2.29. The van der Waals surface area contributed by atoms with E-state index in [1.54, 1.807) is 12.1 Å². The number of alkyl halides is 6. The summed E-state index contributed by atoms with van der Waals surface area (Å²) in [5, 5.41) is 19.1. The number of nitrogens with zero attached hydrogens (tertiary/aromatic N) is 3. The van der Waals surface area contributed by atoms with Crippen molar-refractivity contribution in [1.29, 1.82) is 0 Å². The first-order valence-electron chi connectivity index (χ1n) is 10.5. The van der Waals surface area contributed by atoms with Crippen molar-refractivity contribution in [2.24, 2.45) is 5.92 Å². The third kappa shape index (κ3) is 8.05. The number of halogens is 6. The van der Waals surface area contributed by atoms with Crippen molar-refractivity contribution < 1.29 is 29.3 Å². The molecule has 2 aromatic rings. The van der Waals surface area contributed by atoms with E-state index in [9.17, 15) is 24.6 Å². The molecule has 9 nitrogen and oxygen atoms in total. The first-order chi connectivity index (χ1) is 17.2. The Morgan fingerprint density at radius 2 is 1.62 bits per heavy atom. The molecule has 2 heterocycles. The number of benzene rings is 1. The molecule has 3 rings (SSSR count). The van der Waals surface area contributed by atoms with Gasteiger partial charge in [-0.3, -0.25) is 4.79 Å². The number of amides is 3. The first-order valence-corrected chi connectivity index (χ1v) is 12.8. The van der Waals surface area contributed by atoms with Gasteiger partial charge in [-0.2, -0.15) is 4.90 Å². The van der Waals surface area contributed by atoms with E-state index in [1.165, 1.54) is 4.90 Å². The average molecular weight is 634 g/mol. The summed E-state index contributed by atoms with van der Waals surface area (Å²) >= 11 is 36.2. The lowest BCUT2D eigenvalue weighted by atomic mass is 10.0. The summed E-state index contributed by atoms with van der Waals surface area (Å²) in [6, 6.07) is 9.00. The lowest BCUT2D eigenvalue weighted by molar-refractivity contribution is -0.117. The van der Waals surface area contributed by atoms with Crippen LogP contribution in [-0.4, -0.2) is 54.0 Å². The Bertz CT molecular complexity index is 1160. The molecule has 1 aromatic heterocycles. The zero-order valence-corrected chi connectivity index (χ0v) is 23.2. The topological polar surface area (TPSA) is 120 Å². The van der Waals surface area contributed by atoms with Gasteiger partial charge in [0, 0.05) is 43.5 Å². The maximum Gasteiger partial charge on any atom is 0.422 e. The van der Waals surface area contributed by atoms with E-state index in [2.05, 4.69) is 4.98 Å². The summed E-state index contributed by atoms with van der Waals surface area (Å²) in [6.07, 6.45) is -3.27. The highest BCUT2D eigenvalue weighted by Crippen LogP contribution is 2.44. The molecular weight excluding hydrogens is 615 g/mol. The third-order valence-electron chi connectivity index (χ3n) is 5.27. The number of rotatable bonds is 7. The minimum absolute atomic E-state index is 0.0368. The molecule has 15 heteroatoms. The molecule has 1 atom stereocenters. The second kappa shape index (κ2) is 11.9. The number of carbonyl (C=O) groups is 3. The monoisotopic (exact) mass is 631 g/mol. The van der Waals surface area contributed by atoms with Crippen molar-refractivity contribution >= 4 is 99.2 Å². The number of carboxylic acid groups (broad SMARTS) is 2. The summed E-state index contributed by atoms with van der Waals surface area (Å²) < 4.78 is 1.92. The molecule has 1 saturated heterocycles. The van der Waals surface area contributed by atoms with E-state index >= 15 is 0 Å².